The summed E-state index contributed by atoms with van der Waals surface area (Å²) in [5, 5.41) is 5.61. The van der Waals surface area contributed by atoms with Crippen LogP contribution in [0, 0.1) is 5.82 Å². The predicted molar refractivity (Wildman–Crippen MR) is 125 cm³/mol. The molecule has 1 aliphatic rings. The molecule has 2 aromatic rings. The van der Waals surface area contributed by atoms with Crippen molar-refractivity contribution in [3.63, 3.8) is 0 Å². The summed E-state index contributed by atoms with van der Waals surface area (Å²) in [7, 11) is 1.84. The minimum Gasteiger partial charge on any atom is -0.339 e. The van der Waals surface area contributed by atoms with E-state index in [0.717, 1.165) is 25.7 Å². The summed E-state index contributed by atoms with van der Waals surface area (Å²) in [5.41, 5.74) is 1.74. The van der Waals surface area contributed by atoms with Crippen molar-refractivity contribution < 1.29 is 14.0 Å². The first-order valence-electron chi connectivity index (χ1n) is 10.4. The first kappa shape index (κ1) is 22.6. The molecule has 0 spiro atoms. The van der Waals surface area contributed by atoms with Crippen LogP contribution < -0.4 is 10.6 Å². The standard InChI is InChI=1S/C24H26FN3O2S/c1-28(19-7-3-2-4-8-19)23(30)20-9-5-6-10-21(20)26-24(31)27-22(29)16-13-17-11-14-18(25)15-12-17/h5-6,9-16,19H,2-4,7-8H2,1H3,(H2,26,27,29,31). The zero-order chi connectivity index (χ0) is 22.2. The average molecular weight is 440 g/mol. The smallest absolute Gasteiger partial charge is 0.255 e. The molecular formula is C24H26FN3O2S. The number of para-hydroxylation sites is 1. The van der Waals surface area contributed by atoms with E-state index in [2.05, 4.69) is 10.6 Å². The molecule has 0 unspecified atom stereocenters. The first-order chi connectivity index (χ1) is 14.9. The Bertz CT molecular complexity index is 969. The third-order valence-electron chi connectivity index (χ3n) is 5.38. The Morgan fingerprint density at radius 1 is 1.06 bits per heavy atom. The molecule has 0 aliphatic heterocycles. The van der Waals surface area contributed by atoms with Gasteiger partial charge >= 0.3 is 0 Å². The molecule has 0 saturated heterocycles. The zero-order valence-electron chi connectivity index (χ0n) is 17.4. The second-order valence-corrected chi connectivity index (χ2v) is 7.99. The van der Waals surface area contributed by atoms with Crippen molar-refractivity contribution in [2.75, 3.05) is 12.4 Å². The minimum absolute atomic E-state index is 0.0691. The second kappa shape index (κ2) is 10.8. The summed E-state index contributed by atoms with van der Waals surface area (Å²) in [4.78, 5) is 27.0. The highest BCUT2D eigenvalue weighted by Crippen LogP contribution is 2.25. The molecule has 1 saturated carbocycles. The van der Waals surface area contributed by atoms with Crippen LogP contribution in [0.25, 0.3) is 6.08 Å². The van der Waals surface area contributed by atoms with E-state index in [9.17, 15) is 14.0 Å². The van der Waals surface area contributed by atoms with Gasteiger partial charge in [0.1, 0.15) is 5.82 Å². The normalized spacial score (nSPS) is 14.3. The van der Waals surface area contributed by atoms with Crippen LogP contribution in [0.4, 0.5) is 10.1 Å². The van der Waals surface area contributed by atoms with Crippen LogP contribution in [-0.2, 0) is 4.79 Å². The summed E-state index contributed by atoms with van der Waals surface area (Å²) in [5.74, 6) is -0.834. The van der Waals surface area contributed by atoms with E-state index in [1.807, 2.05) is 11.9 Å². The van der Waals surface area contributed by atoms with Crippen molar-refractivity contribution in [1.82, 2.24) is 10.2 Å². The fourth-order valence-corrected chi connectivity index (χ4v) is 3.87. The van der Waals surface area contributed by atoms with Crippen LogP contribution in [0.2, 0.25) is 0 Å². The molecule has 2 N–H and O–H groups in total. The van der Waals surface area contributed by atoms with Gasteiger partial charge in [-0.25, -0.2) is 4.39 Å². The lowest BCUT2D eigenvalue weighted by atomic mass is 9.94. The van der Waals surface area contributed by atoms with Gasteiger partial charge in [0.15, 0.2) is 5.11 Å². The predicted octanol–water partition coefficient (Wildman–Crippen LogP) is 4.76. The number of carbonyl (C=O) groups excluding carboxylic acids is 2. The van der Waals surface area contributed by atoms with E-state index in [1.54, 1.807) is 42.5 Å². The summed E-state index contributed by atoms with van der Waals surface area (Å²) in [6.45, 7) is 0. The molecule has 0 heterocycles. The van der Waals surface area contributed by atoms with Crippen molar-refractivity contribution in [2.45, 2.75) is 38.1 Å². The van der Waals surface area contributed by atoms with Gasteiger partial charge in [-0.3, -0.25) is 14.9 Å². The molecule has 31 heavy (non-hydrogen) atoms. The first-order valence-corrected chi connectivity index (χ1v) is 10.8. The maximum absolute atomic E-state index is 13.1. The Morgan fingerprint density at radius 2 is 1.74 bits per heavy atom. The molecule has 7 heteroatoms. The molecule has 3 rings (SSSR count). The number of rotatable bonds is 5. The lowest BCUT2D eigenvalue weighted by molar-refractivity contribution is -0.115. The van der Waals surface area contributed by atoms with Gasteiger partial charge in [0.25, 0.3) is 5.91 Å². The summed E-state index contributed by atoms with van der Waals surface area (Å²) >= 11 is 5.25. The number of amides is 2. The van der Waals surface area contributed by atoms with Crippen LogP contribution >= 0.6 is 12.2 Å². The number of hydrogen-bond acceptors (Lipinski definition) is 3. The van der Waals surface area contributed by atoms with E-state index in [4.69, 9.17) is 12.2 Å². The van der Waals surface area contributed by atoms with E-state index < -0.39 is 5.91 Å². The number of thiocarbonyl (C=S) groups is 1. The number of carbonyl (C=O) groups is 2. The van der Waals surface area contributed by atoms with Gasteiger partial charge in [-0.1, -0.05) is 43.5 Å². The molecular weight excluding hydrogens is 413 g/mol. The molecule has 2 aromatic carbocycles. The van der Waals surface area contributed by atoms with Crippen LogP contribution in [-0.4, -0.2) is 34.9 Å². The molecule has 5 nitrogen and oxygen atoms in total. The van der Waals surface area contributed by atoms with E-state index >= 15 is 0 Å². The highest BCUT2D eigenvalue weighted by Gasteiger charge is 2.24. The number of halogens is 1. The third kappa shape index (κ3) is 6.46. The third-order valence-corrected chi connectivity index (χ3v) is 5.59. The van der Waals surface area contributed by atoms with Crippen molar-refractivity contribution >= 4 is 40.9 Å². The fourth-order valence-electron chi connectivity index (χ4n) is 3.66. The molecule has 1 aliphatic carbocycles. The van der Waals surface area contributed by atoms with Crippen LogP contribution in [0.15, 0.2) is 54.6 Å². The Balaban J connectivity index is 1.61. The van der Waals surface area contributed by atoms with Gasteiger partial charge in [-0.05, 0) is 61.0 Å². The number of nitrogens with one attached hydrogen (secondary N) is 2. The van der Waals surface area contributed by atoms with Gasteiger partial charge in [0, 0.05) is 19.2 Å². The number of anilines is 1. The van der Waals surface area contributed by atoms with Crippen molar-refractivity contribution in [3.8, 4) is 0 Å². The highest BCUT2D eigenvalue weighted by molar-refractivity contribution is 7.80. The van der Waals surface area contributed by atoms with Crippen LogP contribution in [0.3, 0.4) is 0 Å². The highest BCUT2D eigenvalue weighted by atomic mass is 32.1. The molecule has 2 amide bonds. The fraction of sp³-hybridized carbons (Fsp3) is 0.292. The van der Waals surface area contributed by atoms with Gasteiger partial charge in [-0.2, -0.15) is 0 Å². The largest absolute Gasteiger partial charge is 0.339 e. The topological polar surface area (TPSA) is 61.4 Å². The van der Waals surface area contributed by atoms with Gasteiger partial charge in [0.2, 0.25) is 5.91 Å². The van der Waals surface area contributed by atoms with Gasteiger partial charge in [-0.15, -0.1) is 0 Å². The number of nitrogens with zero attached hydrogens (tertiary/aromatic N) is 1. The van der Waals surface area contributed by atoms with Crippen molar-refractivity contribution in [2.24, 2.45) is 0 Å². The van der Waals surface area contributed by atoms with Crippen molar-refractivity contribution in [3.05, 3.63) is 71.6 Å². The van der Waals surface area contributed by atoms with E-state index in [1.165, 1.54) is 24.6 Å². The molecule has 0 atom stereocenters. The van der Waals surface area contributed by atoms with Crippen molar-refractivity contribution in [1.29, 1.82) is 0 Å². The van der Waals surface area contributed by atoms with Crippen LogP contribution in [0.5, 0.6) is 0 Å². The Morgan fingerprint density at radius 3 is 2.45 bits per heavy atom. The van der Waals surface area contributed by atoms with Gasteiger partial charge in [0.05, 0.1) is 11.3 Å². The SMILES string of the molecule is CN(C(=O)c1ccccc1NC(=S)NC(=O)C=Cc1ccc(F)cc1)C1CCCCC1. The summed E-state index contributed by atoms with van der Waals surface area (Å²) in [6, 6.07) is 13.2. The monoisotopic (exact) mass is 439 g/mol. The molecule has 1 fully saturated rings. The molecule has 0 bridgehead atoms. The number of benzene rings is 2. The maximum Gasteiger partial charge on any atom is 0.255 e. The Hall–Kier alpha value is -3.06. The lowest BCUT2D eigenvalue weighted by Crippen LogP contribution is -2.39. The Labute approximate surface area is 187 Å². The molecule has 0 radical (unpaired) electrons. The van der Waals surface area contributed by atoms with Crippen LogP contribution in [0.1, 0.15) is 48.0 Å². The molecule has 162 valence electrons. The summed E-state index contributed by atoms with van der Waals surface area (Å²) in [6.07, 6.45) is 8.43. The minimum atomic E-state index is -0.426. The second-order valence-electron chi connectivity index (χ2n) is 7.58. The average Bonchev–Trinajstić information content (AvgIpc) is 2.78. The summed E-state index contributed by atoms with van der Waals surface area (Å²) < 4.78 is 13.0. The lowest BCUT2D eigenvalue weighted by Gasteiger charge is -2.31. The van der Waals surface area contributed by atoms with Gasteiger partial charge < -0.3 is 10.2 Å². The van der Waals surface area contributed by atoms with E-state index in [0.29, 0.717) is 16.8 Å². The Kier molecular flexibility index (Phi) is 7.89. The quantitative estimate of drug-likeness (QED) is 0.521. The number of hydrogen-bond donors (Lipinski definition) is 2. The zero-order valence-corrected chi connectivity index (χ0v) is 18.3. The maximum atomic E-state index is 13.1. The van der Waals surface area contributed by atoms with E-state index in [-0.39, 0.29) is 22.9 Å². The molecule has 0 aromatic heterocycles.